The van der Waals surface area contributed by atoms with Gasteiger partial charge in [-0.1, -0.05) is 42.5 Å². The van der Waals surface area contributed by atoms with Gasteiger partial charge in [-0.2, -0.15) is 11.8 Å². The molecule has 29 heavy (non-hydrogen) atoms. The number of carbonyl (C=O) groups excluding carboxylic acids is 2. The molecule has 0 saturated heterocycles. The molecule has 0 saturated carbocycles. The van der Waals surface area contributed by atoms with Gasteiger partial charge in [-0.25, -0.2) is 9.78 Å². The van der Waals surface area contributed by atoms with Gasteiger partial charge in [0.25, 0.3) is 0 Å². The number of carbonyl (C=O) groups is 2. The molecule has 8 heteroatoms. The van der Waals surface area contributed by atoms with E-state index in [-0.39, 0.29) is 24.5 Å². The van der Waals surface area contributed by atoms with Crippen molar-refractivity contribution in [1.29, 1.82) is 0 Å². The molecule has 4 N–H and O–H groups in total. The number of imidazole rings is 1. The molecule has 0 bridgehead atoms. The average Bonchev–Trinajstić information content (AvgIpc) is 3.18. The van der Waals surface area contributed by atoms with Crippen molar-refractivity contribution in [2.24, 2.45) is 0 Å². The molecule has 3 amide bonds. The first kappa shape index (κ1) is 20.7. The summed E-state index contributed by atoms with van der Waals surface area (Å²) >= 11 is 1.71. The minimum atomic E-state index is -0.381. The van der Waals surface area contributed by atoms with Crippen LogP contribution in [-0.4, -0.2) is 40.5 Å². The number of fused-ring (bicyclic) bond motifs is 1. The van der Waals surface area contributed by atoms with Crippen LogP contribution >= 0.6 is 11.8 Å². The van der Waals surface area contributed by atoms with E-state index in [0.29, 0.717) is 6.54 Å². The van der Waals surface area contributed by atoms with Gasteiger partial charge in [0.05, 0.1) is 23.6 Å². The van der Waals surface area contributed by atoms with Crippen molar-refractivity contribution in [2.75, 3.05) is 18.6 Å². The molecule has 2 aromatic carbocycles. The van der Waals surface area contributed by atoms with Crippen molar-refractivity contribution in [3.8, 4) is 0 Å². The highest BCUT2D eigenvalue weighted by atomic mass is 32.2. The number of para-hydroxylation sites is 2. The number of benzene rings is 2. The number of aromatic nitrogens is 2. The van der Waals surface area contributed by atoms with Gasteiger partial charge in [0.2, 0.25) is 5.91 Å². The molecule has 1 heterocycles. The first-order chi connectivity index (χ1) is 14.2. The molecule has 152 valence electrons. The quantitative estimate of drug-likeness (QED) is 0.435. The fraction of sp³-hybridized carbons (Fsp3) is 0.286. The summed E-state index contributed by atoms with van der Waals surface area (Å²) in [5, 5.41) is 8.30. The Morgan fingerprint density at radius 1 is 1.07 bits per heavy atom. The van der Waals surface area contributed by atoms with E-state index in [9.17, 15) is 9.59 Å². The fourth-order valence-corrected chi connectivity index (χ4v) is 3.37. The maximum absolute atomic E-state index is 12.4. The Kier molecular flexibility index (Phi) is 7.52. The van der Waals surface area contributed by atoms with Crippen LogP contribution in [0.1, 0.15) is 23.9 Å². The second-order valence-electron chi connectivity index (χ2n) is 6.56. The molecule has 0 radical (unpaired) electrons. The van der Waals surface area contributed by atoms with Crippen molar-refractivity contribution in [3.05, 3.63) is 66.0 Å². The summed E-state index contributed by atoms with van der Waals surface area (Å²) in [7, 11) is 0. The number of nitrogens with one attached hydrogen (secondary N) is 4. The lowest BCUT2D eigenvalue weighted by Crippen LogP contribution is -2.43. The molecular weight excluding hydrogens is 386 g/mol. The van der Waals surface area contributed by atoms with Crippen LogP contribution in [0.15, 0.2) is 54.6 Å². The molecule has 3 rings (SSSR count). The van der Waals surface area contributed by atoms with E-state index in [1.165, 1.54) is 0 Å². The monoisotopic (exact) mass is 411 g/mol. The van der Waals surface area contributed by atoms with Crippen LogP contribution in [0.2, 0.25) is 0 Å². The number of nitrogens with zero attached hydrogens (tertiary/aromatic N) is 1. The summed E-state index contributed by atoms with van der Waals surface area (Å²) in [6.07, 6.45) is 2.77. The van der Waals surface area contributed by atoms with Crippen LogP contribution < -0.4 is 16.0 Å². The van der Waals surface area contributed by atoms with Crippen LogP contribution in [-0.2, 0) is 11.3 Å². The number of H-pyrrole nitrogens is 1. The summed E-state index contributed by atoms with van der Waals surface area (Å²) in [6.45, 7) is 0.306. The summed E-state index contributed by atoms with van der Waals surface area (Å²) < 4.78 is 0. The van der Waals surface area contributed by atoms with Gasteiger partial charge in [0.1, 0.15) is 5.82 Å². The number of aromatic amines is 1. The second-order valence-corrected chi connectivity index (χ2v) is 7.55. The normalized spacial score (nSPS) is 11.8. The topological polar surface area (TPSA) is 98.9 Å². The molecule has 0 aliphatic rings. The van der Waals surface area contributed by atoms with Crippen molar-refractivity contribution in [1.82, 2.24) is 25.9 Å². The predicted molar refractivity (Wildman–Crippen MR) is 117 cm³/mol. The van der Waals surface area contributed by atoms with Gasteiger partial charge >= 0.3 is 6.03 Å². The van der Waals surface area contributed by atoms with Gasteiger partial charge in [-0.3, -0.25) is 4.79 Å². The first-order valence-electron chi connectivity index (χ1n) is 9.44. The molecular formula is C21H25N5O2S. The van der Waals surface area contributed by atoms with Gasteiger partial charge in [-0.15, -0.1) is 0 Å². The Bertz CT molecular complexity index is 911. The van der Waals surface area contributed by atoms with E-state index >= 15 is 0 Å². The highest BCUT2D eigenvalue weighted by Gasteiger charge is 2.18. The first-order valence-corrected chi connectivity index (χ1v) is 10.8. The molecule has 0 fully saturated rings. The van der Waals surface area contributed by atoms with Crippen LogP contribution in [0.4, 0.5) is 4.79 Å². The second kappa shape index (κ2) is 10.5. The number of amides is 3. The minimum Gasteiger partial charge on any atom is -0.345 e. The summed E-state index contributed by atoms with van der Waals surface area (Å²) in [5.74, 6) is 1.35. The Balaban J connectivity index is 1.52. The number of hydrogen-bond acceptors (Lipinski definition) is 4. The Morgan fingerprint density at radius 3 is 2.59 bits per heavy atom. The standard InChI is InChI=1S/C21H25N5O2S/c1-29-12-11-18(20-25-16-9-5-6-10-17(16)26-20)24-19(27)14-23-21(28)22-13-15-7-3-2-4-8-15/h2-10,18H,11-14H2,1H3,(H,24,27)(H,25,26)(H2,22,23,28)/t18-/m1/s1. The third kappa shape index (κ3) is 6.25. The van der Waals surface area contributed by atoms with E-state index in [4.69, 9.17) is 0 Å². The lowest BCUT2D eigenvalue weighted by molar-refractivity contribution is -0.120. The number of thioether (sulfide) groups is 1. The zero-order chi connectivity index (χ0) is 20.5. The van der Waals surface area contributed by atoms with Crippen LogP contribution in [0.5, 0.6) is 0 Å². The predicted octanol–water partition coefficient (Wildman–Crippen LogP) is 2.97. The molecule has 1 aromatic heterocycles. The maximum atomic E-state index is 12.4. The SMILES string of the molecule is CSCC[C@@H](NC(=O)CNC(=O)NCc1ccccc1)c1nc2ccccc2[nH]1. The minimum absolute atomic E-state index is 0.101. The number of rotatable bonds is 9. The third-order valence-corrected chi connectivity index (χ3v) is 5.03. The van der Waals surface area contributed by atoms with Gasteiger partial charge in [-0.05, 0) is 36.1 Å². The van der Waals surface area contributed by atoms with Crippen LogP contribution in [0.25, 0.3) is 11.0 Å². The fourth-order valence-electron chi connectivity index (χ4n) is 2.90. The summed E-state index contributed by atoms with van der Waals surface area (Å²) in [4.78, 5) is 32.2. The molecule has 0 aliphatic heterocycles. The third-order valence-electron chi connectivity index (χ3n) is 4.39. The van der Waals surface area contributed by atoms with E-state index in [1.807, 2.05) is 60.9 Å². The summed E-state index contributed by atoms with van der Waals surface area (Å²) in [5.41, 5.74) is 2.79. The molecule has 0 aliphatic carbocycles. The van der Waals surface area contributed by atoms with Crippen molar-refractivity contribution in [2.45, 2.75) is 19.0 Å². The molecule has 0 unspecified atom stereocenters. The maximum Gasteiger partial charge on any atom is 0.315 e. The number of urea groups is 1. The Hall–Kier alpha value is -3.00. The zero-order valence-corrected chi connectivity index (χ0v) is 17.1. The number of hydrogen-bond donors (Lipinski definition) is 4. The largest absolute Gasteiger partial charge is 0.345 e. The van der Waals surface area contributed by atoms with E-state index in [0.717, 1.165) is 34.6 Å². The van der Waals surface area contributed by atoms with E-state index < -0.39 is 0 Å². The van der Waals surface area contributed by atoms with E-state index in [2.05, 4.69) is 25.9 Å². The highest BCUT2D eigenvalue weighted by molar-refractivity contribution is 7.98. The Morgan fingerprint density at radius 2 is 1.83 bits per heavy atom. The zero-order valence-electron chi connectivity index (χ0n) is 16.3. The average molecular weight is 412 g/mol. The molecule has 7 nitrogen and oxygen atoms in total. The smallest absolute Gasteiger partial charge is 0.315 e. The van der Waals surface area contributed by atoms with Gasteiger partial charge in [0.15, 0.2) is 0 Å². The Labute approximate surface area is 174 Å². The molecule has 3 aromatic rings. The lowest BCUT2D eigenvalue weighted by atomic mass is 10.2. The molecule has 0 spiro atoms. The van der Waals surface area contributed by atoms with Gasteiger partial charge in [0, 0.05) is 6.54 Å². The van der Waals surface area contributed by atoms with Gasteiger partial charge < -0.3 is 20.9 Å². The molecule has 1 atom stereocenters. The van der Waals surface area contributed by atoms with Crippen molar-refractivity contribution in [3.63, 3.8) is 0 Å². The lowest BCUT2D eigenvalue weighted by Gasteiger charge is -2.16. The summed E-state index contributed by atoms with van der Waals surface area (Å²) in [6, 6.07) is 16.7. The highest BCUT2D eigenvalue weighted by Crippen LogP contribution is 2.19. The van der Waals surface area contributed by atoms with Crippen molar-refractivity contribution >= 4 is 34.7 Å². The van der Waals surface area contributed by atoms with Crippen LogP contribution in [0, 0.1) is 0 Å². The van der Waals surface area contributed by atoms with Crippen molar-refractivity contribution < 1.29 is 9.59 Å². The van der Waals surface area contributed by atoms with Crippen LogP contribution in [0.3, 0.4) is 0 Å². The van der Waals surface area contributed by atoms with E-state index in [1.54, 1.807) is 11.8 Å².